The second kappa shape index (κ2) is 7.31. The van der Waals surface area contributed by atoms with Gasteiger partial charge in [-0.25, -0.2) is 4.79 Å². The third-order valence-corrected chi connectivity index (χ3v) is 3.91. The lowest BCUT2D eigenvalue weighted by Crippen LogP contribution is -2.24. The van der Waals surface area contributed by atoms with Crippen LogP contribution in [-0.2, 0) is 9.53 Å². The molecule has 0 bridgehead atoms. The van der Waals surface area contributed by atoms with E-state index in [0.717, 1.165) is 5.56 Å². The van der Waals surface area contributed by atoms with Crippen LogP contribution in [0.2, 0.25) is 0 Å². The first-order valence-corrected chi connectivity index (χ1v) is 7.99. The number of hydrogen-bond acceptors (Lipinski definition) is 6. The standard InChI is InChI=1S/C20H18O6/c1-12(20(22)24-3)25-14-8-9-15-17(11-14)26-18(19(15)21)10-13-6-4-5-7-16(13)23-2/h4-12H,1-3H3/b18-10-/t12-/m0/s1. The summed E-state index contributed by atoms with van der Waals surface area (Å²) in [4.78, 5) is 24.0. The van der Waals surface area contributed by atoms with Gasteiger partial charge in [0.1, 0.15) is 17.2 Å². The molecule has 1 aliphatic heterocycles. The van der Waals surface area contributed by atoms with Crippen LogP contribution in [0.5, 0.6) is 17.2 Å². The number of methoxy groups -OCH3 is 2. The molecule has 0 fully saturated rings. The Kier molecular flexibility index (Phi) is 4.93. The second-order valence-electron chi connectivity index (χ2n) is 5.62. The third-order valence-electron chi connectivity index (χ3n) is 3.91. The van der Waals surface area contributed by atoms with Gasteiger partial charge < -0.3 is 18.9 Å². The van der Waals surface area contributed by atoms with Gasteiger partial charge in [0.25, 0.3) is 0 Å². The zero-order valence-electron chi connectivity index (χ0n) is 14.6. The second-order valence-corrected chi connectivity index (χ2v) is 5.62. The summed E-state index contributed by atoms with van der Waals surface area (Å²) in [5, 5.41) is 0. The molecule has 6 heteroatoms. The number of hydrogen-bond donors (Lipinski definition) is 0. The maximum atomic E-state index is 12.5. The summed E-state index contributed by atoms with van der Waals surface area (Å²) in [6.45, 7) is 1.58. The number of esters is 1. The van der Waals surface area contributed by atoms with E-state index in [0.29, 0.717) is 22.8 Å². The number of ketones is 1. The minimum atomic E-state index is -0.765. The van der Waals surface area contributed by atoms with Crippen LogP contribution in [0.3, 0.4) is 0 Å². The van der Waals surface area contributed by atoms with E-state index in [2.05, 4.69) is 4.74 Å². The summed E-state index contributed by atoms with van der Waals surface area (Å²) in [5.41, 5.74) is 1.17. The number of carbonyl (C=O) groups is 2. The van der Waals surface area contributed by atoms with Crippen molar-refractivity contribution >= 4 is 17.8 Å². The molecule has 6 nitrogen and oxygen atoms in total. The Morgan fingerprint density at radius 1 is 1.15 bits per heavy atom. The lowest BCUT2D eigenvalue weighted by atomic mass is 10.1. The van der Waals surface area contributed by atoms with E-state index in [1.165, 1.54) is 7.11 Å². The molecule has 1 atom stereocenters. The van der Waals surface area contributed by atoms with Gasteiger partial charge >= 0.3 is 5.97 Å². The summed E-state index contributed by atoms with van der Waals surface area (Å²) in [6.07, 6.45) is 0.873. The van der Waals surface area contributed by atoms with Crippen LogP contribution < -0.4 is 14.2 Å². The van der Waals surface area contributed by atoms with Crippen molar-refractivity contribution in [2.75, 3.05) is 14.2 Å². The molecule has 1 aliphatic rings. The van der Waals surface area contributed by atoms with Crippen molar-refractivity contribution in [1.29, 1.82) is 0 Å². The van der Waals surface area contributed by atoms with E-state index in [1.54, 1.807) is 44.4 Å². The summed E-state index contributed by atoms with van der Waals surface area (Å²) >= 11 is 0. The molecular formula is C20H18O6. The van der Waals surface area contributed by atoms with Crippen molar-refractivity contribution in [2.45, 2.75) is 13.0 Å². The molecule has 0 aliphatic carbocycles. The van der Waals surface area contributed by atoms with Crippen molar-refractivity contribution in [3.63, 3.8) is 0 Å². The molecule has 0 aromatic heterocycles. The normalized spacial score (nSPS) is 15.2. The average molecular weight is 354 g/mol. The molecule has 0 radical (unpaired) electrons. The SMILES string of the molecule is COC(=O)[C@H](C)Oc1ccc2c(c1)O/C(=C\c1ccccc1OC)C2=O. The molecule has 3 rings (SSSR count). The van der Waals surface area contributed by atoms with Crippen molar-refractivity contribution in [2.24, 2.45) is 0 Å². The molecule has 0 amide bonds. The topological polar surface area (TPSA) is 71.1 Å². The Bertz CT molecular complexity index is 884. The zero-order valence-corrected chi connectivity index (χ0v) is 14.6. The van der Waals surface area contributed by atoms with E-state index in [4.69, 9.17) is 14.2 Å². The number of ether oxygens (including phenoxy) is 4. The van der Waals surface area contributed by atoms with Gasteiger partial charge in [0, 0.05) is 11.6 Å². The van der Waals surface area contributed by atoms with Gasteiger partial charge in [0.2, 0.25) is 5.78 Å². The van der Waals surface area contributed by atoms with Gasteiger partial charge in [-0.3, -0.25) is 4.79 Å². The van der Waals surface area contributed by atoms with Crippen LogP contribution in [-0.4, -0.2) is 32.1 Å². The molecule has 2 aromatic carbocycles. The fourth-order valence-electron chi connectivity index (χ4n) is 2.59. The van der Waals surface area contributed by atoms with Crippen molar-refractivity contribution in [3.8, 4) is 17.2 Å². The van der Waals surface area contributed by atoms with Crippen LogP contribution in [0.1, 0.15) is 22.8 Å². The summed E-state index contributed by atoms with van der Waals surface area (Å²) in [6, 6.07) is 12.1. The Morgan fingerprint density at radius 2 is 1.92 bits per heavy atom. The number of carbonyl (C=O) groups excluding carboxylic acids is 2. The number of fused-ring (bicyclic) bond motifs is 1. The van der Waals surface area contributed by atoms with Gasteiger partial charge in [-0.2, -0.15) is 0 Å². The average Bonchev–Trinajstić information content (AvgIpc) is 2.96. The van der Waals surface area contributed by atoms with E-state index < -0.39 is 12.1 Å². The number of allylic oxidation sites excluding steroid dienone is 1. The largest absolute Gasteiger partial charge is 0.496 e. The molecular weight excluding hydrogens is 336 g/mol. The van der Waals surface area contributed by atoms with E-state index in [1.807, 2.05) is 18.2 Å². The first kappa shape index (κ1) is 17.5. The Hall–Kier alpha value is -3.28. The van der Waals surface area contributed by atoms with Crippen LogP contribution in [0.25, 0.3) is 6.08 Å². The molecule has 134 valence electrons. The molecule has 0 N–H and O–H groups in total. The van der Waals surface area contributed by atoms with Gasteiger partial charge in [-0.15, -0.1) is 0 Å². The maximum absolute atomic E-state index is 12.5. The number of rotatable bonds is 5. The molecule has 0 saturated heterocycles. The first-order chi connectivity index (χ1) is 12.5. The van der Waals surface area contributed by atoms with Crippen molar-refractivity contribution in [1.82, 2.24) is 0 Å². The van der Waals surface area contributed by atoms with Gasteiger partial charge in [0.05, 0.1) is 19.8 Å². The number of benzene rings is 2. The first-order valence-electron chi connectivity index (χ1n) is 7.99. The quantitative estimate of drug-likeness (QED) is 0.606. The number of para-hydroxylation sites is 1. The highest BCUT2D eigenvalue weighted by molar-refractivity contribution is 6.14. The minimum absolute atomic E-state index is 0.197. The summed E-state index contributed by atoms with van der Waals surface area (Å²) in [7, 11) is 2.86. The van der Waals surface area contributed by atoms with Gasteiger partial charge in [0.15, 0.2) is 11.9 Å². The van der Waals surface area contributed by atoms with E-state index >= 15 is 0 Å². The van der Waals surface area contributed by atoms with Crippen LogP contribution in [0.15, 0.2) is 48.2 Å². The van der Waals surface area contributed by atoms with Crippen LogP contribution in [0, 0.1) is 0 Å². The fourth-order valence-corrected chi connectivity index (χ4v) is 2.59. The molecule has 0 unspecified atom stereocenters. The van der Waals surface area contributed by atoms with E-state index in [9.17, 15) is 9.59 Å². The summed E-state index contributed by atoms with van der Waals surface area (Å²) < 4.78 is 21.1. The van der Waals surface area contributed by atoms with Gasteiger partial charge in [-0.05, 0) is 31.2 Å². The van der Waals surface area contributed by atoms with Crippen molar-refractivity contribution in [3.05, 3.63) is 59.4 Å². The minimum Gasteiger partial charge on any atom is -0.496 e. The lowest BCUT2D eigenvalue weighted by molar-refractivity contribution is -0.147. The molecule has 1 heterocycles. The zero-order chi connectivity index (χ0) is 18.7. The van der Waals surface area contributed by atoms with Crippen LogP contribution >= 0.6 is 0 Å². The predicted molar refractivity (Wildman–Crippen MR) is 94.5 cm³/mol. The molecule has 26 heavy (non-hydrogen) atoms. The fraction of sp³-hybridized carbons (Fsp3) is 0.200. The van der Waals surface area contributed by atoms with Crippen LogP contribution in [0.4, 0.5) is 0 Å². The Labute approximate surface area is 150 Å². The Balaban J connectivity index is 1.85. The maximum Gasteiger partial charge on any atom is 0.346 e. The highest BCUT2D eigenvalue weighted by atomic mass is 16.6. The lowest BCUT2D eigenvalue weighted by Gasteiger charge is -2.12. The molecule has 2 aromatic rings. The third kappa shape index (κ3) is 3.39. The molecule has 0 spiro atoms. The highest BCUT2D eigenvalue weighted by Crippen LogP contribution is 2.35. The smallest absolute Gasteiger partial charge is 0.346 e. The van der Waals surface area contributed by atoms with Gasteiger partial charge in [-0.1, -0.05) is 18.2 Å². The highest BCUT2D eigenvalue weighted by Gasteiger charge is 2.28. The van der Waals surface area contributed by atoms with Crippen molar-refractivity contribution < 1.29 is 28.5 Å². The monoisotopic (exact) mass is 354 g/mol. The Morgan fingerprint density at radius 3 is 2.65 bits per heavy atom. The predicted octanol–water partition coefficient (Wildman–Crippen LogP) is 3.25. The number of Topliss-reactive ketones (excluding diaryl/α,β-unsaturated/α-hetero) is 1. The summed E-state index contributed by atoms with van der Waals surface area (Å²) in [5.74, 6) is 0.919. The molecule has 0 saturated carbocycles. The van der Waals surface area contributed by atoms with E-state index in [-0.39, 0.29) is 11.5 Å².